The molecule has 1 unspecified atom stereocenters. The van der Waals surface area contributed by atoms with Crippen LogP contribution in [0.25, 0.3) is 0 Å². The van der Waals surface area contributed by atoms with Crippen LogP contribution in [0.3, 0.4) is 0 Å². The molecule has 5 nitrogen and oxygen atoms in total. The highest BCUT2D eigenvalue weighted by Gasteiger charge is 2.41. The first-order valence-electron chi connectivity index (χ1n) is 7.02. The van der Waals surface area contributed by atoms with Crippen molar-refractivity contribution in [2.75, 3.05) is 14.2 Å². The summed E-state index contributed by atoms with van der Waals surface area (Å²) in [6, 6.07) is 6.23. The summed E-state index contributed by atoms with van der Waals surface area (Å²) in [7, 11) is 3.36. The molecule has 0 N–H and O–H groups in total. The van der Waals surface area contributed by atoms with Crippen molar-refractivity contribution in [2.45, 2.75) is 37.6 Å². The summed E-state index contributed by atoms with van der Waals surface area (Å²) in [6.45, 7) is 0. The van der Waals surface area contributed by atoms with Gasteiger partial charge in [-0.2, -0.15) is 0 Å². The predicted octanol–water partition coefficient (Wildman–Crippen LogP) is 3.03. The van der Waals surface area contributed by atoms with E-state index >= 15 is 0 Å². The molecular weight excluding hydrogens is 254 g/mol. The SMILES string of the molecule is COc1ccc2c(c1)CCC21CCCC(N(C)N=O)=N1. The molecule has 0 radical (unpaired) electrons. The fourth-order valence-electron chi connectivity index (χ4n) is 3.39. The van der Waals surface area contributed by atoms with Crippen molar-refractivity contribution in [3.05, 3.63) is 34.2 Å². The van der Waals surface area contributed by atoms with Crippen molar-refractivity contribution < 1.29 is 4.74 Å². The number of aliphatic imine (C=N–C) groups is 1. The van der Waals surface area contributed by atoms with Gasteiger partial charge in [-0.25, -0.2) is 5.01 Å². The number of amidine groups is 1. The Balaban J connectivity index is 2.02. The second-order valence-corrected chi connectivity index (χ2v) is 5.54. The first-order chi connectivity index (χ1) is 9.68. The molecule has 1 aliphatic heterocycles. The Labute approximate surface area is 118 Å². The average molecular weight is 273 g/mol. The molecule has 0 saturated heterocycles. The van der Waals surface area contributed by atoms with Crippen LogP contribution in [0.1, 0.15) is 36.8 Å². The van der Waals surface area contributed by atoms with E-state index < -0.39 is 0 Å². The zero-order valence-electron chi connectivity index (χ0n) is 11.9. The average Bonchev–Trinajstić information content (AvgIpc) is 2.84. The number of methoxy groups -OCH3 is 1. The Morgan fingerprint density at radius 3 is 2.95 bits per heavy atom. The minimum Gasteiger partial charge on any atom is -0.497 e. The molecule has 1 aromatic rings. The van der Waals surface area contributed by atoms with Crippen LogP contribution >= 0.6 is 0 Å². The summed E-state index contributed by atoms with van der Waals surface area (Å²) in [6.07, 6.45) is 4.94. The van der Waals surface area contributed by atoms with E-state index in [0.29, 0.717) is 0 Å². The van der Waals surface area contributed by atoms with Gasteiger partial charge in [0.1, 0.15) is 11.6 Å². The molecule has 1 heterocycles. The summed E-state index contributed by atoms with van der Waals surface area (Å²) >= 11 is 0. The number of benzene rings is 1. The second kappa shape index (κ2) is 4.89. The molecule has 2 aliphatic rings. The number of rotatable bonds is 2. The van der Waals surface area contributed by atoms with Crippen molar-refractivity contribution in [3.8, 4) is 5.75 Å². The van der Waals surface area contributed by atoms with Crippen LogP contribution in [0.5, 0.6) is 5.75 Å². The van der Waals surface area contributed by atoms with Crippen LogP contribution in [0.15, 0.2) is 28.5 Å². The molecule has 20 heavy (non-hydrogen) atoms. The Morgan fingerprint density at radius 1 is 1.35 bits per heavy atom. The fourth-order valence-corrected chi connectivity index (χ4v) is 3.39. The van der Waals surface area contributed by atoms with Crippen LogP contribution in [0, 0.1) is 4.91 Å². The number of fused-ring (bicyclic) bond motifs is 2. The molecule has 106 valence electrons. The van der Waals surface area contributed by atoms with Crippen molar-refractivity contribution in [2.24, 2.45) is 10.3 Å². The standard InChI is InChI=1S/C15H19N3O2/c1-18(17-19)14-4-3-8-15(16-14)9-7-11-10-12(20-2)5-6-13(11)15/h5-6,10H,3-4,7-9H2,1-2H3. The lowest BCUT2D eigenvalue weighted by Gasteiger charge is -2.32. The van der Waals surface area contributed by atoms with E-state index in [1.165, 1.54) is 16.1 Å². The van der Waals surface area contributed by atoms with Gasteiger partial charge in [0.05, 0.1) is 17.9 Å². The van der Waals surface area contributed by atoms with Gasteiger partial charge in [-0.05, 0) is 48.9 Å². The minimum atomic E-state index is -0.159. The van der Waals surface area contributed by atoms with E-state index in [0.717, 1.165) is 43.7 Å². The van der Waals surface area contributed by atoms with Gasteiger partial charge in [0, 0.05) is 13.5 Å². The van der Waals surface area contributed by atoms with Crippen molar-refractivity contribution in [1.82, 2.24) is 5.01 Å². The number of nitrogens with zero attached hydrogens (tertiary/aromatic N) is 3. The third-order valence-corrected chi connectivity index (χ3v) is 4.45. The molecule has 0 saturated carbocycles. The van der Waals surface area contributed by atoms with Gasteiger partial charge in [0.25, 0.3) is 0 Å². The molecular formula is C15H19N3O2. The summed E-state index contributed by atoms with van der Waals surface area (Å²) in [5.41, 5.74) is 2.44. The van der Waals surface area contributed by atoms with E-state index in [9.17, 15) is 4.91 Å². The van der Waals surface area contributed by atoms with Gasteiger partial charge in [-0.3, -0.25) is 4.99 Å². The number of ether oxygens (including phenoxy) is 1. The number of hydrogen-bond acceptors (Lipinski definition) is 4. The molecule has 0 amide bonds. The molecule has 5 heteroatoms. The molecule has 1 spiro atoms. The topological polar surface area (TPSA) is 54.3 Å². The van der Waals surface area contributed by atoms with Crippen molar-refractivity contribution in [1.29, 1.82) is 0 Å². The van der Waals surface area contributed by atoms with Crippen LogP contribution in [-0.2, 0) is 12.0 Å². The lowest BCUT2D eigenvalue weighted by Crippen LogP contribution is -2.32. The van der Waals surface area contributed by atoms with Gasteiger partial charge >= 0.3 is 0 Å². The zero-order valence-corrected chi connectivity index (χ0v) is 11.9. The molecule has 0 aromatic heterocycles. The van der Waals surface area contributed by atoms with Crippen LogP contribution in [-0.4, -0.2) is 25.0 Å². The van der Waals surface area contributed by atoms with Crippen molar-refractivity contribution in [3.63, 3.8) is 0 Å². The van der Waals surface area contributed by atoms with E-state index in [-0.39, 0.29) is 5.54 Å². The molecule has 1 atom stereocenters. The molecule has 3 rings (SSSR count). The highest BCUT2D eigenvalue weighted by Crippen LogP contribution is 2.46. The molecule has 1 aromatic carbocycles. The van der Waals surface area contributed by atoms with Crippen LogP contribution < -0.4 is 4.74 Å². The Bertz CT molecular complexity index is 570. The quantitative estimate of drug-likeness (QED) is 0.614. The highest BCUT2D eigenvalue weighted by atomic mass is 16.5. The monoisotopic (exact) mass is 273 g/mol. The number of aryl methyl sites for hydroxylation is 1. The summed E-state index contributed by atoms with van der Waals surface area (Å²) in [5.74, 6) is 1.70. The van der Waals surface area contributed by atoms with E-state index in [1.807, 2.05) is 6.07 Å². The van der Waals surface area contributed by atoms with E-state index in [1.54, 1.807) is 14.2 Å². The maximum atomic E-state index is 10.7. The summed E-state index contributed by atoms with van der Waals surface area (Å²) < 4.78 is 5.29. The summed E-state index contributed by atoms with van der Waals surface area (Å²) in [4.78, 5) is 15.6. The fraction of sp³-hybridized carbons (Fsp3) is 0.533. The van der Waals surface area contributed by atoms with Crippen LogP contribution in [0.4, 0.5) is 0 Å². The Hall–Kier alpha value is -1.91. The second-order valence-electron chi connectivity index (χ2n) is 5.54. The maximum Gasteiger partial charge on any atom is 0.123 e. The third kappa shape index (κ3) is 1.97. The van der Waals surface area contributed by atoms with Gasteiger partial charge < -0.3 is 4.74 Å². The van der Waals surface area contributed by atoms with Gasteiger partial charge in [-0.1, -0.05) is 6.07 Å². The number of hydrogen-bond donors (Lipinski definition) is 0. The predicted molar refractivity (Wildman–Crippen MR) is 77.8 cm³/mol. The summed E-state index contributed by atoms with van der Waals surface area (Å²) in [5, 5.41) is 4.35. The highest BCUT2D eigenvalue weighted by molar-refractivity contribution is 5.83. The molecule has 1 aliphatic carbocycles. The first kappa shape index (κ1) is 13.1. The maximum absolute atomic E-state index is 10.7. The van der Waals surface area contributed by atoms with Gasteiger partial charge in [0.15, 0.2) is 0 Å². The normalized spacial score (nSPS) is 24.2. The Kier molecular flexibility index (Phi) is 3.20. The van der Waals surface area contributed by atoms with Gasteiger partial charge in [-0.15, -0.1) is 4.91 Å². The van der Waals surface area contributed by atoms with Crippen molar-refractivity contribution >= 4 is 5.84 Å². The lowest BCUT2D eigenvalue weighted by molar-refractivity contribution is 0.361. The number of nitroso groups, excluding NO2 is 1. The lowest BCUT2D eigenvalue weighted by atomic mass is 9.84. The van der Waals surface area contributed by atoms with E-state index in [2.05, 4.69) is 17.4 Å². The van der Waals surface area contributed by atoms with E-state index in [4.69, 9.17) is 9.73 Å². The molecule has 0 bridgehead atoms. The third-order valence-electron chi connectivity index (χ3n) is 4.45. The molecule has 0 fully saturated rings. The smallest absolute Gasteiger partial charge is 0.123 e. The zero-order chi connectivity index (χ0) is 14.2. The van der Waals surface area contributed by atoms with Crippen LogP contribution in [0.2, 0.25) is 0 Å². The van der Waals surface area contributed by atoms with Gasteiger partial charge in [0.2, 0.25) is 0 Å². The minimum absolute atomic E-state index is 0.159. The Morgan fingerprint density at radius 2 is 2.20 bits per heavy atom. The largest absolute Gasteiger partial charge is 0.497 e. The first-order valence-corrected chi connectivity index (χ1v) is 7.02.